The molecule has 3 nitrogen and oxygen atoms in total. The number of ether oxygens (including phenoxy) is 1. The van der Waals surface area contributed by atoms with Gasteiger partial charge in [-0.15, -0.1) is 0 Å². The van der Waals surface area contributed by atoms with Gasteiger partial charge < -0.3 is 10.1 Å². The SMILES string of the molecule is CCC(C)CNCCC(=O)OC. The molecular weight excluding hydrogens is 154 g/mol. The first-order valence-electron chi connectivity index (χ1n) is 4.48. The van der Waals surface area contributed by atoms with Gasteiger partial charge in [-0.25, -0.2) is 0 Å². The lowest BCUT2D eigenvalue weighted by atomic mass is 10.1. The van der Waals surface area contributed by atoms with Crippen LogP contribution >= 0.6 is 0 Å². The fourth-order valence-corrected chi connectivity index (χ4v) is 0.785. The molecule has 0 aliphatic carbocycles. The van der Waals surface area contributed by atoms with E-state index < -0.39 is 0 Å². The van der Waals surface area contributed by atoms with Gasteiger partial charge in [-0.2, -0.15) is 0 Å². The lowest BCUT2D eigenvalue weighted by Crippen LogP contribution is -2.23. The molecule has 0 spiro atoms. The maximum Gasteiger partial charge on any atom is 0.306 e. The van der Waals surface area contributed by atoms with Crippen LogP contribution in [0.1, 0.15) is 26.7 Å². The Hall–Kier alpha value is -0.570. The van der Waals surface area contributed by atoms with E-state index in [1.54, 1.807) is 0 Å². The highest BCUT2D eigenvalue weighted by Gasteiger charge is 2.00. The number of hydrogen-bond acceptors (Lipinski definition) is 3. The highest BCUT2D eigenvalue weighted by atomic mass is 16.5. The minimum absolute atomic E-state index is 0.147. The molecule has 0 amide bonds. The molecule has 0 aromatic carbocycles. The number of methoxy groups -OCH3 is 1. The molecule has 0 heterocycles. The van der Waals surface area contributed by atoms with Gasteiger partial charge in [0.2, 0.25) is 0 Å². The van der Waals surface area contributed by atoms with Crippen LogP contribution < -0.4 is 5.32 Å². The van der Waals surface area contributed by atoms with Crippen molar-refractivity contribution in [3.05, 3.63) is 0 Å². The zero-order valence-corrected chi connectivity index (χ0v) is 8.22. The maximum atomic E-state index is 10.7. The normalized spacial score (nSPS) is 12.6. The smallest absolute Gasteiger partial charge is 0.306 e. The molecule has 0 aliphatic rings. The second-order valence-corrected chi connectivity index (χ2v) is 3.04. The van der Waals surface area contributed by atoms with Crippen LogP contribution in [0.25, 0.3) is 0 Å². The fourth-order valence-electron chi connectivity index (χ4n) is 0.785. The van der Waals surface area contributed by atoms with Gasteiger partial charge in [-0.3, -0.25) is 4.79 Å². The first-order valence-corrected chi connectivity index (χ1v) is 4.48. The van der Waals surface area contributed by atoms with E-state index in [2.05, 4.69) is 23.9 Å². The highest BCUT2D eigenvalue weighted by molar-refractivity contribution is 5.69. The van der Waals surface area contributed by atoms with Crippen LogP contribution in [0.15, 0.2) is 0 Å². The standard InChI is InChI=1S/C9H19NO2/c1-4-8(2)7-10-6-5-9(11)12-3/h8,10H,4-7H2,1-3H3. The van der Waals surface area contributed by atoms with Crippen LogP contribution in [0.2, 0.25) is 0 Å². The van der Waals surface area contributed by atoms with E-state index >= 15 is 0 Å². The van der Waals surface area contributed by atoms with Gasteiger partial charge in [0.15, 0.2) is 0 Å². The minimum atomic E-state index is -0.147. The van der Waals surface area contributed by atoms with Crippen molar-refractivity contribution in [2.24, 2.45) is 5.92 Å². The summed E-state index contributed by atoms with van der Waals surface area (Å²) < 4.78 is 4.50. The van der Waals surface area contributed by atoms with Gasteiger partial charge in [0, 0.05) is 6.54 Å². The second-order valence-electron chi connectivity index (χ2n) is 3.04. The first kappa shape index (κ1) is 11.4. The molecule has 0 aliphatic heterocycles. The van der Waals surface area contributed by atoms with E-state index in [0.717, 1.165) is 13.1 Å². The van der Waals surface area contributed by atoms with Gasteiger partial charge in [-0.05, 0) is 12.5 Å². The predicted molar refractivity (Wildman–Crippen MR) is 49.0 cm³/mol. The monoisotopic (exact) mass is 173 g/mol. The molecule has 0 fully saturated rings. The Kier molecular flexibility index (Phi) is 6.76. The van der Waals surface area contributed by atoms with E-state index in [0.29, 0.717) is 12.3 Å². The molecule has 1 atom stereocenters. The Bertz CT molecular complexity index is 126. The summed E-state index contributed by atoms with van der Waals surface area (Å²) in [5, 5.41) is 3.20. The van der Waals surface area contributed by atoms with Crippen LogP contribution in [0.3, 0.4) is 0 Å². The molecule has 0 radical (unpaired) electrons. The van der Waals surface area contributed by atoms with E-state index in [4.69, 9.17) is 0 Å². The maximum absolute atomic E-state index is 10.7. The van der Waals surface area contributed by atoms with E-state index in [-0.39, 0.29) is 5.97 Å². The van der Waals surface area contributed by atoms with E-state index in [1.165, 1.54) is 13.5 Å². The number of carbonyl (C=O) groups excluding carboxylic acids is 1. The summed E-state index contributed by atoms with van der Waals surface area (Å²) in [7, 11) is 1.41. The molecule has 0 saturated carbocycles. The zero-order chi connectivity index (χ0) is 9.40. The third kappa shape index (κ3) is 6.16. The van der Waals surface area contributed by atoms with Crippen molar-refractivity contribution in [2.45, 2.75) is 26.7 Å². The molecule has 0 aromatic rings. The molecule has 0 rings (SSSR count). The molecule has 3 heteroatoms. The van der Waals surface area contributed by atoms with E-state index in [9.17, 15) is 4.79 Å². The van der Waals surface area contributed by atoms with Crippen LogP contribution in [0.5, 0.6) is 0 Å². The summed E-state index contributed by atoms with van der Waals surface area (Å²) in [6, 6.07) is 0. The summed E-state index contributed by atoms with van der Waals surface area (Å²) in [5.41, 5.74) is 0. The lowest BCUT2D eigenvalue weighted by molar-refractivity contribution is -0.140. The van der Waals surface area contributed by atoms with Gasteiger partial charge >= 0.3 is 5.97 Å². The average Bonchev–Trinajstić information content (AvgIpc) is 2.11. The Morgan fingerprint density at radius 2 is 2.25 bits per heavy atom. The topological polar surface area (TPSA) is 38.3 Å². The first-order chi connectivity index (χ1) is 5.70. The summed E-state index contributed by atoms with van der Waals surface area (Å²) in [6.07, 6.45) is 1.64. The summed E-state index contributed by atoms with van der Waals surface area (Å²) in [4.78, 5) is 10.7. The number of rotatable bonds is 6. The second kappa shape index (κ2) is 7.10. The number of carbonyl (C=O) groups is 1. The van der Waals surface area contributed by atoms with Gasteiger partial charge in [0.05, 0.1) is 13.5 Å². The Balaban J connectivity index is 3.15. The van der Waals surface area contributed by atoms with Crippen LogP contribution in [0.4, 0.5) is 0 Å². The summed E-state index contributed by atoms with van der Waals surface area (Å²) >= 11 is 0. The van der Waals surface area contributed by atoms with Crippen molar-refractivity contribution in [1.82, 2.24) is 5.32 Å². The highest BCUT2D eigenvalue weighted by Crippen LogP contribution is 1.96. The molecule has 12 heavy (non-hydrogen) atoms. The van der Waals surface area contributed by atoms with Gasteiger partial charge in [0.25, 0.3) is 0 Å². The third-order valence-corrected chi connectivity index (χ3v) is 1.92. The minimum Gasteiger partial charge on any atom is -0.469 e. The van der Waals surface area contributed by atoms with Gasteiger partial charge in [0.1, 0.15) is 0 Å². The Morgan fingerprint density at radius 3 is 2.75 bits per heavy atom. The number of esters is 1. The largest absolute Gasteiger partial charge is 0.469 e. The van der Waals surface area contributed by atoms with Gasteiger partial charge in [-0.1, -0.05) is 20.3 Å². The molecular formula is C9H19NO2. The predicted octanol–water partition coefficient (Wildman–Crippen LogP) is 1.19. The molecule has 1 unspecified atom stereocenters. The van der Waals surface area contributed by atoms with Crippen molar-refractivity contribution in [2.75, 3.05) is 20.2 Å². The molecule has 72 valence electrons. The Labute approximate surface area is 74.5 Å². The number of hydrogen-bond donors (Lipinski definition) is 1. The summed E-state index contributed by atoms with van der Waals surface area (Å²) in [6.45, 7) is 6.04. The van der Waals surface area contributed by atoms with Crippen molar-refractivity contribution in [3.63, 3.8) is 0 Å². The van der Waals surface area contributed by atoms with Crippen molar-refractivity contribution in [1.29, 1.82) is 0 Å². The third-order valence-electron chi connectivity index (χ3n) is 1.92. The van der Waals surface area contributed by atoms with Crippen molar-refractivity contribution >= 4 is 5.97 Å². The quantitative estimate of drug-likeness (QED) is 0.484. The van der Waals surface area contributed by atoms with E-state index in [1.807, 2.05) is 0 Å². The van der Waals surface area contributed by atoms with Crippen LogP contribution in [-0.4, -0.2) is 26.2 Å². The van der Waals surface area contributed by atoms with Crippen LogP contribution in [0, 0.1) is 5.92 Å². The average molecular weight is 173 g/mol. The summed E-state index contributed by atoms with van der Waals surface area (Å²) in [5.74, 6) is 0.536. The van der Waals surface area contributed by atoms with Crippen molar-refractivity contribution in [3.8, 4) is 0 Å². The molecule has 0 saturated heterocycles. The zero-order valence-electron chi connectivity index (χ0n) is 8.22. The molecule has 1 N–H and O–H groups in total. The number of nitrogens with one attached hydrogen (secondary N) is 1. The molecule has 0 aromatic heterocycles. The Morgan fingerprint density at radius 1 is 1.58 bits per heavy atom. The van der Waals surface area contributed by atoms with Crippen molar-refractivity contribution < 1.29 is 9.53 Å². The fraction of sp³-hybridized carbons (Fsp3) is 0.889. The van der Waals surface area contributed by atoms with Crippen LogP contribution in [-0.2, 0) is 9.53 Å². The molecule has 0 bridgehead atoms. The lowest BCUT2D eigenvalue weighted by Gasteiger charge is -2.08.